The quantitative estimate of drug-likeness (QED) is 0.510. The molecular weight excluding hydrogens is 390 g/mol. The molecule has 0 aliphatic heterocycles. The van der Waals surface area contributed by atoms with Crippen molar-refractivity contribution in [3.8, 4) is 10.7 Å². The Bertz CT molecular complexity index is 554. The summed E-state index contributed by atoms with van der Waals surface area (Å²) < 4.78 is 1.65. The van der Waals surface area contributed by atoms with Gasteiger partial charge in [0, 0.05) is 0 Å². The summed E-state index contributed by atoms with van der Waals surface area (Å²) in [5, 5.41) is 0.504. The molecule has 0 N–H and O–H groups in total. The maximum atomic E-state index is 6.13. The molecule has 0 bridgehead atoms. The zero-order chi connectivity index (χ0) is 12.6. The van der Waals surface area contributed by atoms with Crippen molar-refractivity contribution in [2.24, 2.45) is 0 Å². The van der Waals surface area contributed by atoms with Crippen molar-refractivity contribution in [1.82, 2.24) is 9.97 Å². The Morgan fingerprint density at radius 2 is 1.94 bits per heavy atom. The summed E-state index contributed by atoms with van der Waals surface area (Å²) in [5.41, 5.74) is 0.977. The van der Waals surface area contributed by atoms with E-state index in [0.29, 0.717) is 16.9 Å². The zero-order valence-electron chi connectivity index (χ0n) is 9.17. The SMILES string of the molecule is CC(C)c1nc(-c2ccc(Cl)s2)nc(Cl)c1I. The highest BCUT2D eigenvalue weighted by molar-refractivity contribution is 14.1. The summed E-state index contributed by atoms with van der Waals surface area (Å²) in [6, 6.07) is 3.75. The van der Waals surface area contributed by atoms with Crippen molar-refractivity contribution in [1.29, 1.82) is 0 Å². The molecule has 2 heterocycles. The summed E-state index contributed by atoms with van der Waals surface area (Å²) in [5.74, 6) is 0.965. The van der Waals surface area contributed by atoms with Gasteiger partial charge in [0.15, 0.2) is 5.82 Å². The molecule has 0 atom stereocenters. The van der Waals surface area contributed by atoms with Gasteiger partial charge in [0.1, 0.15) is 5.15 Å². The number of nitrogens with zero attached hydrogens (tertiary/aromatic N) is 2. The first-order chi connectivity index (χ1) is 7.99. The average molecular weight is 399 g/mol. The van der Waals surface area contributed by atoms with Crippen LogP contribution in [0.4, 0.5) is 0 Å². The Morgan fingerprint density at radius 3 is 2.47 bits per heavy atom. The van der Waals surface area contributed by atoms with Crippen LogP contribution in [0.1, 0.15) is 25.5 Å². The van der Waals surface area contributed by atoms with E-state index in [1.165, 1.54) is 11.3 Å². The number of aromatic nitrogens is 2. The molecule has 6 heteroatoms. The van der Waals surface area contributed by atoms with E-state index in [-0.39, 0.29) is 0 Å². The fraction of sp³-hybridized carbons (Fsp3) is 0.273. The molecule has 0 aromatic carbocycles. The third kappa shape index (κ3) is 2.92. The lowest BCUT2D eigenvalue weighted by molar-refractivity contribution is 0.809. The number of rotatable bonds is 2. The van der Waals surface area contributed by atoms with Gasteiger partial charge >= 0.3 is 0 Å². The molecule has 0 aliphatic rings. The maximum Gasteiger partial charge on any atom is 0.171 e. The largest absolute Gasteiger partial charge is 0.231 e. The molecule has 0 aliphatic carbocycles. The van der Waals surface area contributed by atoms with Gasteiger partial charge in [0.2, 0.25) is 0 Å². The van der Waals surface area contributed by atoms with Gasteiger partial charge in [0.05, 0.1) is 18.5 Å². The Hall–Kier alpha value is 0.0900. The normalized spacial score (nSPS) is 11.2. The van der Waals surface area contributed by atoms with Gasteiger partial charge in [-0.15, -0.1) is 11.3 Å². The maximum absolute atomic E-state index is 6.13. The molecule has 2 rings (SSSR count). The number of halogens is 3. The molecule has 0 spiro atoms. The van der Waals surface area contributed by atoms with Crippen molar-refractivity contribution in [2.45, 2.75) is 19.8 Å². The molecule has 0 radical (unpaired) electrons. The first-order valence-electron chi connectivity index (χ1n) is 4.97. The van der Waals surface area contributed by atoms with Crippen LogP contribution < -0.4 is 0 Å². The van der Waals surface area contributed by atoms with Crippen LogP contribution in [0.3, 0.4) is 0 Å². The van der Waals surface area contributed by atoms with Crippen LogP contribution in [0.15, 0.2) is 12.1 Å². The summed E-state index contributed by atoms with van der Waals surface area (Å²) in [6.45, 7) is 4.18. The van der Waals surface area contributed by atoms with E-state index < -0.39 is 0 Å². The van der Waals surface area contributed by atoms with Crippen LogP contribution in [0.2, 0.25) is 9.49 Å². The van der Waals surface area contributed by atoms with Crippen molar-refractivity contribution in [3.63, 3.8) is 0 Å². The van der Waals surface area contributed by atoms with Gasteiger partial charge in [-0.05, 0) is 40.6 Å². The second-order valence-electron chi connectivity index (χ2n) is 3.80. The van der Waals surface area contributed by atoms with Gasteiger partial charge in [-0.3, -0.25) is 0 Å². The zero-order valence-corrected chi connectivity index (χ0v) is 13.7. The molecule has 0 saturated carbocycles. The molecule has 2 nitrogen and oxygen atoms in total. The third-order valence-electron chi connectivity index (χ3n) is 2.18. The highest BCUT2D eigenvalue weighted by Crippen LogP contribution is 2.32. The van der Waals surface area contributed by atoms with Gasteiger partial charge in [-0.2, -0.15) is 0 Å². The van der Waals surface area contributed by atoms with Crippen molar-refractivity contribution >= 4 is 57.1 Å². The van der Waals surface area contributed by atoms with Gasteiger partial charge in [-0.1, -0.05) is 37.0 Å². The summed E-state index contributed by atoms with van der Waals surface area (Å²) in [7, 11) is 0. The fourth-order valence-electron chi connectivity index (χ4n) is 1.36. The number of thiophene rings is 1. The lowest BCUT2D eigenvalue weighted by atomic mass is 10.1. The molecule has 2 aromatic heterocycles. The van der Waals surface area contributed by atoms with Crippen LogP contribution in [0, 0.1) is 3.57 Å². The van der Waals surface area contributed by atoms with Gasteiger partial charge < -0.3 is 0 Å². The van der Waals surface area contributed by atoms with Crippen LogP contribution in [0.25, 0.3) is 10.7 Å². The van der Waals surface area contributed by atoms with Crippen LogP contribution in [-0.4, -0.2) is 9.97 Å². The standard InChI is InChI=1S/C11H9Cl2IN2S/c1-5(2)9-8(14)10(13)16-11(15-9)6-3-4-7(12)17-6/h3-5H,1-2H3. The lowest BCUT2D eigenvalue weighted by Crippen LogP contribution is -2.01. The highest BCUT2D eigenvalue weighted by Gasteiger charge is 2.15. The summed E-state index contributed by atoms with van der Waals surface area (Å²) in [6.07, 6.45) is 0. The van der Waals surface area contributed by atoms with Crippen LogP contribution >= 0.6 is 57.1 Å². The molecule has 0 fully saturated rings. The van der Waals surface area contributed by atoms with Crippen molar-refractivity contribution in [3.05, 3.63) is 30.9 Å². The summed E-state index contributed by atoms with van der Waals surface area (Å²) >= 11 is 15.7. The molecule has 0 saturated heterocycles. The van der Waals surface area contributed by atoms with E-state index in [0.717, 1.165) is 18.5 Å². The molecule has 2 aromatic rings. The second-order valence-corrected chi connectivity index (χ2v) is 6.95. The van der Waals surface area contributed by atoms with E-state index in [4.69, 9.17) is 23.2 Å². The third-order valence-corrected chi connectivity index (χ3v) is 5.06. The number of hydrogen-bond acceptors (Lipinski definition) is 3. The molecule has 0 unspecified atom stereocenters. The average Bonchev–Trinajstić information content (AvgIpc) is 2.68. The highest BCUT2D eigenvalue weighted by atomic mass is 127. The molecule has 17 heavy (non-hydrogen) atoms. The van der Waals surface area contributed by atoms with Crippen LogP contribution in [0.5, 0.6) is 0 Å². The topological polar surface area (TPSA) is 25.8 Å². The van der Waals surface area contributed by atoms with E-state index in [9.17, 15) is 0 Å². The van der Waals surface area contributed by atoms with Crippen molar-refractivity contribution < 1.29 is 0 Å². The van der Waals surface area contributed by atoms with E-state index in [2.05, 4.69) is 46.4 Å². The monoisotopic (exact) mass is 398 g/mol. The summed E-state index contributed by atoms with van der Waals surface area (Å²) in [4.78, 5) is 9.80. The first kappa shape index (κ1) is 13.5. The Kier molecular flexibility index (Phi) is 4.28. The van der Waals surface area contributed by atoms with Gasteiger partial charge in [-0.25, -0.2) is 9.97 Å². The Balaban J connectivity index is 2.56. The van der Waals surface area contributed by atoms with E-state index >= 15 is 0 Å². The smallest absolute Gasteiger partial charge is 0.171 e. The lowest BCUT2D eigenvalue weighted by Gasteiger charge is -2.09. The predicted molar refractivity (Wildman–Crippen MR) is 82.2 cm³/mol. The molecular formula is C11H9Cl2IN2S. The minimum atomic E-state index is 0.316. The predicted octanol–water partition coefficient (Wildman–Crippen LogP) is 5.24. The Labute approximate surface area is 128 Å². The van der Waals surface area contributed by atoms with E-state index in [1.807, 2.05) is 12.1 Å². The number of hydrogen-bond donors (Lipinski definition) is 0. The molecule has 90 valence electrons. The fourth-order valence-corrected chi connectivity index (χ4v) is 3.38. The first-order valence-corrected chi connectivity index (χ1v) is 7.62. The van der Waals surface area contributed by atoms with Gasteiger partial charge in [0.25, 0.3) is 0 Å². The minimum Gasteiger partial charge on any atom is -0.231 e. The van der Waals surface area contributed by atoms with E-state index in [1.54, 1.807) is 0 Å². The minimum absolute atomic E-state index is 0.316. The Morgan fingerprint density at radius 1 is 1.24 bits per heavy atom. The van der Waals surface area contributed by atoms with Crippen molar-refractivity contribution in [2.75, 3.05) is 0 Å². The molecule has 0 amide bonds. The van der Waals surface area contributed by atoms with Crippen LogP contribution in [-0.2, 0) is 0 Å². The second kappa shape index (κ2) is 5.38.